The van der Waals surface area contributed by atoms with E-state index in [0.717, 1.165) is 0 Å². The van der Waals surface area contributed by atoms with Crippen molar-refractivity contribution in [2.75, 3.05) is 0 Å². The van der Waals surface area contributed by atoms with E-state index in [9.17, 15) is 0 Å². The summed E-state index contributed by atoms with van der Waals surface area (Å²) >= 11 is 0. The van der Waals surface area contributed by atoms with Gasteiger partial charge in [-0.3, -0.25) is 0 Å². The Bertz CT molecular complexity index is 4400. The van der Waals surface area contributed by atoms with Gasteiger partial charge in [-0.2, -0.15) is 0 Å². The smallest absolute Gasteiger partial charge is 0.247 e. The number of nitrogens with zero attached hydrogens (tertiary/aromatic N) is 2. The van der Waals surface area contributed by atoms with E-state index in [2.05, 4.69) is 321 Å². The summed E-state index contributed by atoms with van der Waals surface area (Å²) in [4.78, 5) is 0. The third kappa shape index (κ3) is 10.4. The first-order valence-electron chi connectivity index (χ1n) is 35.1. The highest BCUT2D eigenvalue weighted by atomic mass is 15.0. The molecule has 0 unspecified atom stereocenters. The number of fused-ring (bicyclic) bond motifs is 10. The Kier molecular flexibility index (Phi) is 15.3. The Morgan fingerprint density at radius 1 is 0.272 bits per heavy atom. The lowest BCUT2D eigenvalue weighted by atomic mass is 9.31. The number of benzene rings is 9. The van der Waals surface area contributed by atoms with Crippen LogP contribution in [0.15, 0.2) is 146 Å². The predicted octanol–water partition coefficient (Wildman–Crippen LogP) is 20.8. The van der Waals surface area contributed by atoms with Gasteiger partial charge in [-0.25, -0.2) is 0 Å². The van der Waals surface area contributed by atoms with E-state index < -0.39 is 0 Å². The van der Waals surface area contributed by atoms with Crippen LogP contribution in [0.1, 0.15) is 257 Å². The van der Waals surface area contributed by atoms with Gasteiger partial charge >= 0.3 is 0 Å². The maximum Gasteiger partial charge on any atom is 0.247 e. The van der Waals surface area contributed by atoms with Crippen LogP contribution in [-0.2, 0) is 21.7 Å². The van der Waals surface area contributed by atoms with Crippen LogP contribution >= 0.6 is 0 Å². The van der Waals surface area contributed by atoms with Crippen molar-refractivity contribution in [3.8, 4) is 33.6 Å². The highest BCUT2D eigenvalue weighted by Crippen LogP contribution is 2.44. The molecule has 2 nitrogen and oxygen atoms in total. The predicted molar refractivity (Wildman–Crippen MR) is 408 cm³/mol. The Balaban J connectivity index is 1.26. The maximum atomic E-state index is 2.76. The second-order valence-electron chi connectivity index (χ2n) is 34.2. The summed E-state index contributed by atoms with van der Waals surface area (Å²) in [7, 11) is 0. The minimum atomic E-state index is -0.0904. The molecular weight excluding hydrogens is 1110 g/mol. The average molecular weight is 1210 g/mol. The average Bonchev–Trinajstić information content (AvgIpc) is 1.43. The lowest BCUT2D eigenvalue weighted by molar-refractivity contribution is 0.590. The van der Waals surface area contributed by atoms with Crippen LogP contribution in [0, 0.1) is 0 Å². The van der Waals surface area contributed by atoms with Crippen molar-refractivity contribution in [2.24, 2.45) is 0 Å². The molecule has 0 saturated heterocycles. The Labute approximate surface area is 553 Å². The third-order valence-electron chi connectivity index (χ3n) is 21.5. The fraction of sp³-hybridized carbons (Fsp3) is 0.386. The maximum absolute atomic E-state index is 2.76. The summed E-state index contributed by atoms with van der Waals surface area (Å²) in [6.07, 6.45) is 0. The van der Waals surface area contributed by atoms with Crippen molar-refractivity contribution >= 4 is 89.8 Å². The van der Waals surface area contributed by atoms with Crippen LogP contribution in [-0.4, -0.2) is 22.6 Å². The molecule has 0 atom stereocenters. The van der Waals surface area contributed by atoms with Crippen LogP contribution in [0.25, 0.3) is 77.2 Å². The first-order chi connectivity index (χ1) is 43.1. The minimum Gasteiger partial charge on any atom is -0.310 e. The molecule has 4 heterocycles. The molecule has 0 spiro atoms. The van der Waals surface area contributed by atoms with E-state index in [1.807, 2.05) is 0 Å². The van der Waals surface area contributed by atoms with Gasteiger partial charge in [-0.15, -0.1) is 0 Å². The molecule has 2 aromatic heterocycles. The molecule has 2 aliphatic heterocycles. The summed E-state index contributed by atoms with van der Waals surface area (Å²) in [5, 5.41) is 5.29. The minimum absolute atomic E-state index is 0.0395. The number of hydrogen-bond donors (Lipinski definition) is 0. The molecule has 2 aliphatic rings. The van der Waals surface area contributed by atoms with E-state index in [1.165, 1.54) is 166 Å². The quantitative estimate of drug-likeness (QED) is 0.121. The lowest BCUT2D eigenvalue weighted by Crippen LogP contribution is -2.61. The summed E-state index contributed by atoms with van der Waals surface area (Å²) in [6.45, 7) is 57.1. The standard InChI is InChI=1S/C88H102B2N2/c1-49(2)57-37-65(51(5)6)81(66(38-57)52(7)8)89-73-47-80-74(48-79(73)91-77-35-33-63(87(19,20)21)45-69(77)71-41-59(43-75(89)83(71)91)55-25-29-61(30-26-55)85(13,14)15)90(82-67(53(9)10)39-58(50(3)4)40-68(82)54(11)12)76-44-60(56-27-31-62(32-28-56)86(16,17)18)42-72-70-46-64(88(22,23)24)34-36-78(70)92(80)84(72)76/h25-54H,1-24H3. The molecular formula is C88H102B2N2. The molecule has 470 valence electrons. The Morgan fingerprint density at radius 3 is 0.837 bits per heavy atom. The zero-order valence-corrected chi connectivity index (χ0v) is 60.4. The normalized spacial score (nSPS) is 13.8. The molecule has 0 bridgehead atoms. The van der Waals surface area contributed by atoms with Crippen LogP contribution in [0.3, 0.4) is 0 Å². The van der Waals surface area contributed by atoms with E-state index in [0.29, 0.717) is 11.8 Å². The highest BCUT2D eigenvalue weighted by molar-refractivity contribution is 7.00. The molecule has 9 aromatic carbocycles. The molecule has 0 saturated carbocycles. The first-order valence-corrected chi connectivity index (χ1v) is 35.1. The first kappa shape index (κ1) is 63.5. The van der Waals surface area contributed by atoms with E-state index in [4.69, 9.17) is 0 Å². The van der Waals surface area contributed by atoms with Crippen LogP contribution in [0.4, 0.5) is 0 Å². The Hall–Kier alpha value is -7.29. The van der Waals surface area contributed by atoms with Crippen molar-refractivity contribution in [2.45, 2.75) is 223 Å². The van der Waals surface area contributed by atoms with Crippen molar-refractivity contribution in [1.29, 1.82) is 0 Å². The van der Waals surface area contributed by atoms with Gasteiger partial charge in [0.15, 0.2) is 0 Å². The molecule has 11 aromatic rings. The van der Waals surface area contributed by atoms with Gasteiger partial charge in [0.2, 0.25) is 13.4 Å². The van der Waals surface area contributed by atoms with Crippen LogP contribution in [0.5, 0.6) is 0 Å². The van der Waals surface area contributed by atoms with Gasteiger partial charge in [0.25, 0.3) is 0 Å². The van der Waals surface area contributed by atoms with Crippen molar-refractivity contribution in [3.63, 3.8) is 0 Å². The van der Waals surface area contributed by atoms with E-state index in [-0.39, 0.29) is 58.8 Å². The monoisotopic (exact) mass is 1210 g/mol. The van der Waals surface area contributed by atoms with Gasteiger partial charge in [-0.05, 0) is 205 Å². The molecule has 0 radical (unpaired) electrons. The molecule has 0 amide bonds. The SMILES string of the molecule is CC(C)c1cc(C(C)C)c(B2c3cc4c(cc3-n3c5ccc(C(C)(C)C)cc5c5cc(-c6ccc(C(C)(C)C)cc6)cc2c53)B(c2c(C(C)C)cc(C(C)C)cc2C(C)C)c2cc(-c3ccc(C(C)(C)C)cc3)cc3c5cc(C(C)(C)C)ccc5n-4c23)c(C(C)C)c1. The fourth-order valence-corrected chi connectivity index (χ4v) is 16.0. The topological polar surface area (TPSA) is 9.86 Å². The molecule has 0 aliphatic carbocycles. The van der Waals surface area contributed by atoms with E-state index >= 15 is 0 Å². The molecule has 4 heteroatoms. The third-order valence-corrected chi connectivity index (χ3v) is 21.5. The highest BCUT2D eigenvalue weighted by Gasteiger charge is 2.44. The van der Waals surface area contributed by atoms with Crippen molar-refractivity contribution < 1.29 is 0 Å². The van der Waals surface area contributed by atoms with Gasteiger partial charge in [0.05, 0.1) is 11.0 Å². The lowest BCUT2D eigenvalue weighted by Gasteiger charge is -2.36. The molecule has 0 fully saturated rings. The van der Waals surface area contributed by atoms with Gasteiger partial charge in [0, 0.05) is 44.0 Å². The molecule has 0 N–H and O–H groups in total. The zero-order chi connectivity index (χ0) is 66.1. The summed E-state index contributed by atoms with van der Waals surface area (Å²) < 4.78 is 5.51. The summed E-state index contributed by atoms with van der Waals surface area (Å²) in [6, 6.07) is 60.4. The van der Waals surface area contributed by atoms with Crippen molar-refractivity contribution in [1.82, 2.24) is 9.13 Å². The van der Waals surface area contributed by atoms with Crippen molar-refractivity contribution in [3.05, 3.63) is 201 Å². The van der Waals surface area contributed by atoms with Crippen LogP contribution in [0.2, 0.25) is 0 Å². The van der Waals surface area contributed by atoms with Gasteiger partial charge in [-0.1, -0.05) is 274 Å². The fourth-order valence-electron chi connectivity index (χ4n) is 16.0. The molecule has 13 rings (SSSR count). The van der Waals surface area contributed by atoms with Gasteiger partial charge in [0.1, 0.15) is 0 Å². The molecule has 92 heavy (non-hydrogen) atoms. The zero-order valence-electron chi connectivity index (χ0n) is 60.4. The summed E-state index contributed by atoms with van der Waals surface area (Å²) in [5.74, 6) is 1.91. The second kappa shape index (κ2) is 22.2. The van der Waals surface area contributed by atoms with Crippen LogP contribution < -0.4 is 32.8 Å². The summed E-state index contributed by atoms with van der Waals surface area (Å²) in [5.41, 5.74) is 35.4. The van der Waals surface area contributed by atoms with Gasteiger partial charge < -0.3 is 9.13 Å². The number of hydrogen-bond acceptors (Lipinski definition) is 0. The number of rotatable bonds is 10. The van der Waals surface area contributed by atoms with E-state index in [1.54, 1.807) is 0 Å². The second-order valence-corrected chi connectivity index (χ2v) is 34.2. The Morgan fingerprint density at radius 2 is 0.565 bits per heavy atom. The number of aromatic nitrogens is 2. The largest absolute Gasteiger partial charge is 0.310 e.